The van der Waals surface area contributed by atoms with E-state index < -0.39 is 12.5 Å². The van der Waals surface area contributed by atoms with Crippen LogP contribution in [0.25, 0.3) is 0 Å². The van der Waals surface area contributed by atoms with Gasteiger partial charge in [0.1, 0.15) is 5.75 Å². The third-order valence-electron chi connectivity index (χ3n) is 4.83. The zero-order valence-electron chi connectivity index (χ0n) is 16.5. The SMILES string of the molecule is CCCCOc1cccc(C(F)(F)CNCC(=O)N2CCc3ccccc32)c1.Cl. The number of fused-ring (bicyclic) bond motifs is 1. The number of nitrogens with zero attached hydrogens (tertiary/aromatic N) is 1. The average molecular weight is 425 g/mol. The van der Waals surface area contributed by atoms with Crippen molar-refractivity contribution in [3.8, 4) is 5.75 Å². The highest BCUT2D eigenvalue weighted by molar-refractivity contribution is 5.96. The predicted molar refractivity (Wildman–Crippen MR) is 113 cm³/mol. The monoisotopic (exact) mass is 424 g/mol. The molecule has 0 atom stereocenters. The van der Waals surface area contributed by atoms with Crippen LogP contribution >= 0.6 is 12.4 Å². The molecule has 2 aromatic rings. The largest absolute Gasteiger partial charge is 0.494 e. The zero-order valence-corrected chi connectivity index (χ0v) is 17.3. The molecule has 1 aliphatic rings. The molecular weight excluding hydrogens is 398 g/mol. The number of carbonyl (C=O) groups excluding carboxylic acids is 1. The molecule has 0 saturated carbocycles. The second kappa shape index (κ2) is 10.6. The van der Waals surface area contributed by atoms with E-state index in [1.165, 1.54) is 12.1 Å². The number of amides is 1. The smallest absolute Gasteiger partial charge is 0.285 e. The van der Waals surface area contributed by atoms with Gasteiger partial charge in [-0.05, 0) is 36.6 Å². The quantitative estimate of drug-likeness (QED) is 0.600. The molecule has 2 aromatic carbocycles. The minimum Gasteiger partial charge on any atom is -0.494 e. The van der Waals surface area contributed by atoms with E-state index in [2.05, 4.69) is 5.32 Å². The van der Waals surface area contributed by atoms with Crippen LogP contribution in [0.3, 0.4) is 0 Å². The Morgan fingerprint density at radius 2 is 2.00 bits per heavy atom. The number of rotatable bonds is 9. The highest BCUT2D eigenvalue weighted by Crippen LogP contribution is 2.30. The number of hydrogen-bond acceptors (Lipinski definition) is 3. The van der Waals surface area contributed by atoms with Crippen molar-refractivity contribution in [3.05, 3.63) is 59.7 Å². The van der Waals surface area contributed by atoms with E-state index in [9.17, 15) is 13.6 Å². The number of halogens is 3. The van der Waals surface area contributed by atoms with Crippen LogP contribution in [0.15, 0.2) is 48.5 Å². The lowest BCUT2D eigenvalue weighted by atomic mass is 10.1. The summed E-state index contributed by atoms with van der Waals surface area (Å²) in [4.78, 5) is 14.1. The molecule has 1 N–H and O–H groups in total. The Morgan fingerprint density at radius 1 is 1.21 bits per heavy atom. The van der Waals surface area contributed by atoms with E-state index in [1.807, 2.05) is 31.2 Å². The first-order chi connectivity index (χ1) is 13.5. The van der Waals surface area contributed by atoms with Gasteiger partial charge in [0, 0.05) is 17.8 Å². The van der Waals surface area contributed by atoms with E-state index in [0.717, 1.165) is 30.5 Å². The van der Waals surface area contributed by atoms with Gasteiger partial charge in [0.25, 0.3) is 5.92 Å². The van der Waals surface area contributed by atoms with E-state index in [-0.39, 0.29) is 30.4 Å². The molecule has 3 rings (SSSR count). The second-order valence-electron chi connectivity index (χ2n) is 6.96. The number of carbonyl (C=O) groups is 1. The van der Waals surface area contributed by atoms with Gasteiger partial charge in [0.05, 0.1) is 19.7 Å². The lowest BCUT2D eigenvalue weighted by Gasteiger charge is -2.21. The molecule has 1 aliphatic heterocycles. The van der Waals surface area contributed by atoms with E-state index in [1.54, 1.807) is 17.0 Å². The van der Waals surface area contributed by atoms with Crippen LogP contribution in [0.1, 0.15) is 30.9 Å². The Kier molecular flexibility index (Phi) is 8.41. The highest BCUT2D eigenvalue weighted by Gasteiger charge is 2.32. The van der Waals surface area contributed by atoms with Crippen molar-refractivity contribution in [2.24, 2.45) is 0 Å². The van der Waals surface area contributed by atoms with Crippen LogP contribution in [0.5, 0.6) is 5.75 Å². The molecule has 0 spiro atoms. The second-order valence-corrected chi connectivity index (χ2v) is 6.96. The van der Waals surface area contributed by atoms with Gasteiger partial charge in [0.2, 0.25) is 5.91 Å². The van der Waals surface area contributed by atoms with Crippen LogP contribution in [-0.4, -0.2) is 32.1 Å². The zero-order chi connectivity index (χ0) is 20.0. The predicted octanol–water partition coefficient (Wildman–Crippen LogP) is 4.56. The van der Waals surface area contributed by atoms with Crippen molar-refractivity contribution in [3.63, 3.8) is 0 Å². The van der Waals surface area contributed by atoms with Crippen LogP contribution in [0.2, 0.25) is 0 Å². The molecule has 0 aromatic heterocycles. The Balaban J connectivity index is 0.00000300. The van der Waals surface area contributed by atoms with E-state index in [4.69, 9.17) is 4.74 Å². The van der Waals surface area contributed by atoms with Crippen molar-refractivity contribution in [1.29, 1.82) is 0 Å². The summed E-state index contributed by atoms with van der Waals surface area (Å²) in [7, 11) is 0. The molecular formula is C22H27ClF2N2O2. The van der Waals surface area contributed by atoms with Gasteiger partial charge in [-0.25, -0.2) is 0 Å². The van der Waals surface area contributed by atoms with Gasteiger partial charge < -0.3 is 15.0 Å². The number of anilines is 1. The maximum atomic E-state index is 14.5. The summed E-state index contributed by atoms with van der Waals surface area (Å²) in [6.45, 7) is 2.41. The van der Waals surface area contributed by atoms with Crippen LogP contribution < -0.4 is 15.0 Å². The molecule has 7 heteroatoms. The molecule has 0 fully saturated rings. The number of ether oxygens (including phenoxy) is 1. The molecule has 1 amide bonds. The van der Waals surface area contributed by atoms with E-state index in [0.29, 0.717) is 18.9 Å². The molecule has 1 heterocycles. The normalized spacial score (nSPS) is 13.0. The number of alkyl halides is 2. The maximum absolute atomic E-state index is 14.5. The Hall–Kier alpha value is -2.18. The standard InChI is InChI=1S/C22H26F2N2O2.ClH/c1-2-3-13-28-19-9-6-8-18(14-19)22(23,24)16-25-15-21(27)26-12-11-17-7-4-5-10-20(17)26;/h4-10,14,25H,2-3,11-13,15-16H2,1H3;1H. The first-order valence-corrected chi connectivity index (χ1v) is 9.71. The minimum absolute atomic E-state index is 0. The molecule has 0 radical (unpaired) electrons. The van der Waals surface area contributed by atoms with Crippen molar-refractivity contribution in [2.45, 2.75) is 32.1 Å². The number of unbranched alkanes of at least 4 members (excludes halogenated alkanes) is 1. The molecule has 0 aliphatic carbocycles. The fraction of sp³-hybridized carbons (Fsp3) is 0.409. The fourth-order valence-corrected chi connectivity index (χ4v) is 3.27. The molecule has 0 saturated heterocycles. The Bertz CT molecular complexity index is 817. The fourth-order valence-electron chi connectivity index (χ4n) is 3.27. The van der Waals surface area contributed by atoms with E-state index >= 15 is 0 Å². The molecule has 0 bridgehead atoms. The molecule has 29 heavy (non-hydrogen) atoms. The number of benzene rings is 2. The molecule has 4 nitrogen and oxygen atoms in total. The summed E-state index contributed by atoms with van der Waals surface area (Å²) in [5, 5.41) is 2.62. The van der Waals surface area contributed by atoms with Crippen molar-refractivity contribution >= 4 is 24.0 Å². The van der Waals surface area contributed by atoms with Gasteiger partial charge in [-0.2, -0.15) is 8.78 Å². The summed E-state index contributed by atoms with van der Waals surface area (Å²) < 4.78 is 34.6. The highest BCUT2D eigenvalue weighted by atomic mass is 35.5. The summed E-state index contributed by atoms with van der Waals surface area (Å²) in [5.41, 5.74) is 1.87. The van der Waals surface area contributed by atoms with Crippen molar-refractivity contribution in [1.82, 2.24) is 5.32 Å². The van der Waals surface area contributed by atoms with Crippen molar-refractivity contribution in [2.75, 3.05) is 31.1 Å². The Morgan fingerprint density at radius 3 is 2.79 bits per heavy atom. The number of hydrogen-bond donors (Lipinski definition) is 1. The number of para-hydroxylation sites is 1. The lowest BCUT2D eigenvalue weighted by Crippen LogP contribution is -2.40. The van der Waals surface area contributed by atoms with Crippen LogP contribution in [0.4, 0.5) is 14.5 Å². The third kappa shape index (κ3) is 5.90. The van der Waals surface area contributed by atoms with Gasteiger partial charge in [-0.1, -0.05) is 43.7 Å². The third-order valence-corrected chi connectivity index (χ3v) is 4.83. The van der Waals surface area contributed by atoms with Gasteiger partial charge in [-0.3, -0.25) is 4.79 Å². The van der Waals surface area contributed by atoms with Gasteiger partial charge >= 0.3 is 0 Å². The molecule has 0 unspecified atom stereocenters. The maximum Gasteiger partial charge on any atom is 0.285 e. The summed E-state index contributed by atoms with van der Waals surface area (Å²) in [6, 6.07) is 13.7. The molecule has 158 valence electrons. The first kappa shape index (κ1) is 23.1. The lowest BCUT2D eigenvalue weighted by molar-refractivity contribution is -0.118. The van der Waals surface area contributed by atoms with Crippen molar-refractivity contribution < 1.29 is 18.3 Å². The van der Waals surface area contributed by atoms with Gasteiger partial charge in [0.15, 0.2) is 0 Å². The van der Waals surface area contributed by atoms with Crippen LogP contribution in [-0.2, 0) is 17.1 Å². The summed E-state index contributed by atoms with van der Waals surface area (Å²) in [6.07, 6.45) is 2.65. The van der Waals surface area contributed by atoms with Gasteiger partial charge in [-0.15, -0.1) is 12.4 Å². The number of nitrogens with one attached hydrogen (secondary N) is 1. The first-order valence-electron chi connectivity index (χ1n) is 9.71. The van der Waals surface area contributed by atoms with Crippen LogP contribution in [0, 0.1) is 0 Å². The summed E-state index contributed by atoms with van der Waals surface area (Å²) in [5.74, 6) is -2.85. The summed E-state index contributed by atoms with van der Waals surface area (Å²) >= 11 is 0. The Labute approximate surface area is 176 Å². The minimum atomic E-state index is -3.09. The average Bonchev–Trinajstić information content (AvgIpc) is 3.12. The topological polar surface area (TPSA) is 41.6 Å².